The fourth-order valence-corrected chi connectivity index (χ4v) is 2.40. The summed E-state index contributed by atoms with van der Waals surface area (Å²) >= 11 is 0. The van der Waals surface area contributed by atoms with Crippen molar-refractivity contribution >= 4 is 24.0 Å². The number of rotatable bonds is 24. The third kappa shape index (κ3) is 21.7. The first-order valence-corrected chi connectivity index (χ1v) is 11.5. The number of ether oxygens (including phenoxy) is 4. The number of carbonyl (C=O) groups is 4. The number of hydrogen-bond acceptors (Lipinski definition) is 10. The van der Waals surface area contributed by atoms with Crippen molar-refractivity contribution in [1.82, 2.24) is 21.4 Å². The van der Waals surface area contributed by atoms with Crippen LogP contribution in [0.2, 0.25) is 0 Å². The van der Waals surface area contributed by atoms with Crippen LogP contribution in [0.1, 0.15) is 32.6 Å². The molecule has 0 aromatic rings. The summed E-state index contributed by atoms with van der Waals surface area (Å²) in [5.74, 6) is -0.530. The summed E-state index contributed by atoms with van der Waals surface area (Å²) in [6.07, 6.45) is 2.94. The van der Waals surface area contributed by atoms with Crippen LogP contribution >= 0.6 is 0 Å². The molecule has 3 amide bonds. The lowest BCUT2D eigenvalue weighted by Gasteiger charge is -2.09. The van der Waals surface area contributed by atoms with E-state index in [4.69, 9.17) is 24.2 Å². The number of unbranched alkanes of at least 4 members (excludes halogenated alkanes) is 1. The molecular weight excluding hydrogens is 452 g/mol. The zero-order valence-corrected chi connectivity index (χ0v) is 20.0. The van der Waals surface area contributed by atoms with Gasteiger partial charge in [0.2, 0.25) is 17.7 Å². The number of hydroxylamine groups is 1. The molecule has 5 N–H and O–H groups in total. The van der Waals surface area contributed by atoms with E-state index in [1.807, 2.05) is 5.48 Å². The van der Waals surface area contributed by atoms with Crippen LogP contribution in [0, 0.1) is 0 Å². The van der Waals surface area contributed by atoms with Crippen LogP contribution in [0.15, 0.2) is 0 Å². The first-order chi connectivity index (χ1) is 16.5. The number of aldehydes is 1. The second-order valence-electron chi connectivity index (χ2n) is 7.10. The van der Waals surface area contributed by atoms with Gasteiger partial charge in [0.15, 0.2) is 0 Å². The van der Waals surface area contributed by atoms with E-state index in [0.717, 1.165) is 0 Å². The number of nitrogens with one attached hydrogen (secondary N) is 4. The highest BCUT2D eigenvalue weighted by Gasteiger charge is 2.05. The first kappa shape index (κ1) is 31.8. The van der Waals surface area contributed by atoms with Crippen LogP contribution in [-0.4, -0.2) is 108 Å². The molecule has 0 aliphatic rings. The Balaban J connectivity index is 3.35. The third-order valence-electron chi connectivity index (χ3n) is 4.26. The standard InChI is InChI=1S/C21H40N4O9/c1-2-19(27)23-7-9-31-11-14-34-17-21(29)24-8-10-32-12-13-33-16-20(28)22-6-4-3-5-18(15-26)25-30/h15,18,25,30H,2-14,16-17H2,1H3,(H,22,28)(H,23,27)(H,24,29)/t18-/m0/s1. The van der Waals surface area contributed by atoms with Gasteiger partial charge in [0.25, 0.3) is 0 Å². The minimum atomic E-state index is -0.579. The molecule has 0 saturated carbocycles. The molecule has 0 radical (unpaired) electrons. The average Bonchev–Trinajstić information content (AvgIpc) is 2.84. The molecule has 1 atom stereocenters. The second kappa shape index (κ2) is 24.0. The summed E-state index contributed by atoms with van der Waals surface area (Å²) in [6, 6.07) is -0.579. The molecule has 0 aliphatic carbocycles. The van der Waals surface area contributed by atoms with Crippen molar-refractivity contribution in [3.8, 4) is 0 Å². The fraction of sp³-hybridized carbons (Fsp3) is 0.810. The lowest BCUT2D eigenvalue weighted by molar-refractivity contribution is -0.127. The Hall–Kier alpha value is -2.16. The zero-order chi connectivity index (χ0) is 25.3. The van der Waals surface area contributed by atoms with Crippen molar-refractivity contribution < 1.29 is 43.3 Å². The van der Waals surface area contributed by atoms with Gasteiger partial charge in [-0.1, -0.05) is 6.92 Å². The van der Waals surface area contributed by atoms with Crippen LogP contribution in [0.25, 0.3) is 0 Å². The molecule has 198 valence electrons. The minimum absolute atomic E-state index is 0.0245. The first-order valence-electron chi connectivity index (χ1n) is 11.5. The Morgan fingerprint density at radius 1 is 0.735 bits per heavy atom. The van der Waals surface area contributed by atoms with Crippen molar-refractivity contribution in [3.63, 3.8) is 0 Å². The third-order valence-corrected chi connectivity index (χ3v) is 4.26. The lowest BCUT2D eigenvalue weighted by atomic mass is 10.1. The number of amides is 3. The Kier molecular flexibility index (Phi) is 22.5. The molecule has 0 spiro atoms. The summed E-state index contributed by atoms with van der Waals surface area (Å²) in [4.78, 5) is 44.7. The Labute approximate surface area is 200 Å². The van der Waals surface area contributed by atoms with Gasteiger partial charge >= 0.3 is 0 Å². The molecule has 0 unspecified atom stereocenters. The van der Waals surface area contributed by atoms with E-state index in [0.29, 0.717) is 71.4 Å². The van der Waals surface area contributed by atoms with Gasteiger partial charge in [-0.2, -0.15) is 5.48 Å². The van der Waals surface area contributed by atoms with Crippen molar-refractivity contribution in [2.75, 3.05) is 72.5 Å². The Morgan fingerprint density at radius 2 is 1.24 bits per heavy atom. The highest BCUT2D eigenvalue weighted by atomic mass is 16.5. The number of carbonyl (C=O) groups excluding carboxylic acids is 4. The predicted molar refractivity (Wildman–Crippen MR) is 121 cm³/mol. The van der Waals surface area contributed by atoms with Gasteiger partial charge in [0.1, 0.15) is 19.5 Å². The summed E-state index contributed by atoms with van der Waals surface area (Å²) < 4.78 is 21.0. The van der Waals surface area contributed by atoms with Crippen LogP contribution in [0.4, 0.5) is 0 Å². The van der Waals surface area contributed by atoms with Crippen LogP contribution < -0.4 is 21.4 Å². The molecule has 0 aromatic carbocycles. The molecular formula is C21H40N4O9. The van der Waals surface area contributed by atoms with Crippen molar-refractivity contribution in [2.24, 2.45) is 0 Å². The molecule has 0 aromatic heterocycles. The van der Waals surface area contributed by atoms with Crippen LogP contribution in [0.5, 0.6) is 0 Å². The van der Waals surface area contributed by atoms with E-state index in [1.165, 1.54) is 0 Å². The van der Waals surface area contributed by atoms with Gasteiger partial charge in [-0.25, -0.2) is 0 Å². The molecule has 0 bridgehead atoms. The quantitative estimate of drug-likeness (QED) is 0.0608. The van der Waals surface area contributed by atoms with E-state index in [-0.39, 0.29) is 50.8 Å². The van der Waals surface area contributed by atoms with E-state index in [9.17, 15) is 19.2 Å². The van der Waals surface area contributed by atoms with Crippen LogP contribution in [0.3, 0.4) is 0 Å². The van der Waals surface area contributed by atoms with E-state index in [1.54, 1.807) is 6.92 Å². The zero-order valence-electron chi connectivity index (χ0n) is 20.0. The lowest BCUT2D eigenvalue weighted by Crippen LogP contribution is -2.32. The summed E-state index contributed by atoms with van der Waals surface area (Å²) in [5, 5.41) is 16.7. The van der Waals surface area contributed by atoms with Gasteiger partial charge in [0.05, 0.1) is 45.7 Å². The molecule has 34 heavy (non-hydrogen) atoms. The van der Waals surface area contributed by atoms with Crippen molar-refractivity contribution in [1.29, 1.82) is 0 Å². The van der Waals surface area contributed by atoms with E-state index < -0.39 is 6.04 Å². The maximum Gasteiger partial charge on any atom is 0.246 e. The van der Waals surface area contributed by atoms with Crippen molar-refractivity contribution in [3.05, 3.63) is 0 Å². The van der Waals surface area contributed by atoms with Gasteiger partial charge in [0, 0.05) is 26.1 Å². The largest absolute Gasteiger partial charge is 0.377 e. The summed E-state index contributed by atoms with van der Waals surface area (Å²) in [7, 11) is 0. The van der Waals surface area contributed by atoms with E-state index >= 15 is 0 Å². The topological polar surface area (TPSA) is 174 Å². The Bertz CT molecular complexity index is 552. The van der Waals surface area contributed by atoms with Gasteiger partial charge in [-0.05, 0) is 19.3 Å². The maximum absolute atomic E-state index is 11.6. The SMILES string of the molecule is CCC(=O)NCCOCCOCC(=O)NCCOCCOCC(=O)NCCCC[C@@H](C=O)NO. The minimum Gasteiger partial charge on any atom is -0.377 e. The molecule has 0 rings (SSSR count). The van der Waals surface area contributed by atoms with E-state index in [2.05, 4.69) is 16.0 Å². The molecule has 0 fully saturated rings. The maximum atomic E-state index is 11.6. The Morgan fingerprint density at radius 3 is 1.74 bits per heavy atom. The number of hydrogen-bond donors (Lipinski definition) is 5. The van der Waals surface area contributed by atoms with Gasteiger partial charge in [-0.15, -0.1) is 0 Å². The normalized spacial score (nSPS) is 11.6. The van der Waals surface area contributed by atoms with Crippen LogP contribution in [-0.2, 0) is 38.1 Å². The van der Waals surface area contributed by atoms with Crippen molar-refractivity contribution in [2.45, 2.75) is 38.6 Å². The highest BCUT2D eigenvalue weighted by Crippen LogP contribution is 1.97. The summed E-state index contributed by atoms with van der Waals surface area (Å²) in [6.45, 7) is 4.69. The highest BCUT2D eigenvalue weighted by molar-refractivity contribution is 5.77. The fourth-order valence-electron chi connectivity index (χ4n) is 2.40. The average molecular weight is 493 g/mol. The van der Waals surface area contributed by atoms with Gasteiger partial charge in [-0.3, -0.25) is 14.4 Å². The molecule has 0 heterocycles. The molecule has 13 heteroatoms. The molecule has 0 saturated heterocycles. The predicted octanol–water partition coefficient (Wildman–Crippen LogP) is -1.47. The second-order valence-corrected chi connectivity index (χ2v) is 7.10. The summed E-state index contributed by atoms with van der Waals surface area (Å²) in [5.41, 5.74) is 1.90. The van der Waals surface area contributed by atoms with Gasteiger partial charge < -0.3 is 44.9 Å². The molecule has 0 aliphatic heterocycles. The molecule has 13 nitrogen and oxygen atoms in total. The smallest absolute Gasteiger partial charge is 0.246 e. The monoisotopic (exact) mass is 492 g/mol.